The minimum atomic E-state index is -0.0654. The van der Waals surface area contributed by atoms with Gasteiger partial charge in [-0.2, -0.15) is 15.0 Å². The highest BCUT2D eigenvalue weighted by Crippen LogP contribution is 2.13. The Balaban J connectivity index is 2.91. The van der Waals surface area contributed by atoms with Crippen molar-refractivity contribution in [2.45, 2.75) is 26.8 Å². The molecule has 0 aliphatic heterocycles. The molecule has 0 aliphatic carbocycles. The van der Waals surface area contributed by atoms with Gasteiger partial charge in [0.25, 0.3) is 0 Å². The number of nitrogens with one attached hydrogen (secondary N) is 2. The van der Waals surface area contributed by atoms with Gasteiger partial charge in [0.05, 0.1) is 6.54 Å². The van der Waals surface area contributed by atoms with E-state index in [-0.39, 0.29) is 18.5 Å². The van der Waals surface area contributed by atoms with Crippen molar-refractivity contribution in [1.82, 2.24) is 20.3 Å². The van der Waals surface area contributed by atoms with E-state index in [2.05, 4.69) is 25.6 Å². The number of anilines is 3. The topological polar surface area (TPSA) is 86.3 Å². The molecule has 1 heterocycles. The van der Waals surface area contributed by atoms with Crippen molar-refractivity contribution in [2.75, 3.05) is 49.3 Å². The summed E-state index contributed by atoms with van der Waals surface area (Å²) in [6.45, 7) is 6.73. The van der Waals surface area contributed by atoms with Crippen LogP contribution in [0.15, 0.2) is 0 Å². The number of aromatic nitrogens is 3. The van der Waals surface area contributed by atoms with Gasteiger partial charge in [0.1, 0.15) is 0 Å². The second-order valence-electron chi connectivity index (χ2n) is 5.26. The summed E-state index contributed by atoms with van der Waals surface area (Å²) in [5.74, 6) is 1.45. The molecule has 118 valence electrons. The van der Waals surface area contributed by atoms with E-state index in [0.29, 0.717) is 24.4 Å². The lowest BCUT2D eigenvalue weighted by Crippen LogP contribution is -2.39. The predicted molar refractivity (Wildman–Crippen MR) is 84.9 cm³/mol. The molecule has 8 nitrogen and oxygen atoms in total. The summed E-state index contributed by atoms with van der Waals surface area (Å²) < 4.78 is 0. The van der Waals surface area contributed by atoms with E-state index in [1.807, 2.05) is 34.9 Å². The summed E-state index contributed by atoms with van der Waals surface area (Å²) in [6, 6.07) is 0.110. The van der Waals surface area contributed by atoms with Gasteiger partial charge in [-0.25, -0.2) is 0 Å². The van der Waals surface area contributed by atoms with Crippen LogP contribution >= 0.6 is 0 Å². The third-order valence-corrected chi connectivity index (χ3v) is 2.52. The highest BCUT2D eigenvalue weighted by molar-refractivity contribution is 5.80. The predicted octanol–water partition coefficient (Wildman–Crippen LogP) is 0.330. The molecule has 0 radical (unpaired) electrons. The lowest BCUT2D eigenvalue weighted by atomic mass is 10.4. The number of nitrogens with zero attached hydrogens (tertiary/aromatic N) is 5. The Labute approximate surface area is 126 Å². The molecule has 21 heavy (non-hydrogen) atoms. The Bertz CT molecular complexity index is 476. The molecule has 0 unspecified atom stereocenters. The summed E-state index contributed by atoms with van der Waals surface area (Å²) >= 11 is 0. The van der Waals surface area contributed by atoms with E-state index in [1.54, 1.807) is 16.8 Å². The quantitative estimate of drug-likeness (QED) is 0.749. The maximum Gasteiger partial charge on any atom is 0.239 e. The molecule has 0 saturated heterocycles. The van der Waals surface area contributed by atoms with Crippen molar-refractivity contribution < 1.29 is 4.79 Å². The molecule has 0 bridgehead atoms. The van der Waals surface area contributed by atoms with Crippen LogP contribution < -0.4 is 20.4 Å². The molecule has 8 heteroatoms. The summed E-state index contributed by atoms with van der Waals surface area (Å²) in [7, 11) is 5.50. The smallest absolute Gasteiger partial charge is 0.239 e. The van der Waals surface area contributed by atoms with E-state index < -0.39 is 0 Å². The van der Waals surface area contributed by atoms with Crippen LogP contribution in [-0.2, 0) is 4.79 Å². The van der Waals surface area contributed by atoms with Crippen LogP contribution in [0.2, 0.25) is 0 Å². The average Bonchev–Trinajstić information content (AvgIpc) is 2.37. The third kappa shape index (κ3) is 5.41. The average molecular weight is 295 g/mol. The van der Waals surface area contributed by atoms with Gasteiger partial charge in [-0.15, -0.1) is 0 Å². The monoisotopic (exact) mass is 295 g/mol. The first kappa shape index (κ1) is 16.9. The highest BCUT2D eigenvalue weighted by Gasteiger charge is 2.14. The minimum absolute atomic E-state index is 0.0654. The Morgan fingerprint density at radius 1 is 1.14 bits per heavy atom. The number of amides is 1. The van der Waals surface area contributed by atoms with Crippen molar-refractivity contribution in [3.05, 3.63) is 0 Å². The molecule has 0 spiro atoms. The summed E-state index contributed by atoms with van der Waals surface area (Å²) in [4.78, 5) is 28.3. The first-order valence-electron chi connectivity index (χ1n) is 7.01. The molecule has 1 aromatic heterocycles. The van der Waals surface area contributed by atoms with Gasteiger partial charge in [-0.1, -0.05) is 0 Å². The Kier molecular flexibility index (Phi) is 6.13. The maximum absolute atomic E-state index is 11.8. The van der Waals surface area contributed by atoms with Crippen LogP contribution in [0.25, 0.3) is 0 Å². The fourth-order valence-corrected chi connectivity index (χ4v) is 1.62. The van der Waals surface area contributed by atoms with Gasteiger partial charge in [0.15, 0.2) is 0 Å². The molecule has 0 saturated carbocycles. The molecule has 1 aromatic rings. The van der Waals surface area contributed by atoms with Crippen molar-refractivity contribution in [3.63, 3.8) is 0 Å². The zero-order valence-electron chi connectivity index (χ0n) is 13.6. The number of hydrogen-bond acceptors (Lipinski definition) is 7. The van der Waals surface area contributed by atoms with E-state index >= 15 is 0 Å². The van der Waals surface area contributed by atoms with Crippen molar-refractivity contribution >= 4 is 23.8 Å². The Morgan fingerprint density at radius 3 is 2.29 bits per heavy atom. The first-order chi connectivity index (χ1) is 9.83. The van der Waals surface area contributed by atoms with Gasteiger partial charge in [-0.3, -0.25) is 4.79 Å². The Morgan fingerprint density at radius 2 is 1.76 bits per heavy atom. The van der Waals surface area contributed by atoms with Crippen LogP contribution in [0, 0.1) is 0 Å². The number of rotatable bonds is 7. The molecule has 0 aromatic carbocycles. The number of carbonyl (C=O) groups excluding carboxylic acids is 1. The van der Waals surface area contributed by atoms with E-state index in [1.165, 1.54) is 0 Å². The molecule has 1 rings (SSSR count). The third-order valence-electron chi connectivity index (χ3n) is 2.52. The zero-order valence-corrected chi connectivity index (χ0v) is 13.6. The van der Waals surface area contributed by atoms with Crippen LogP contribution in [0.4, 0.5) is 17.8 Å². The van der Waals surface area contributed by atoms with E-state index in [4.69, 9.17) is 0 Å². The van der Waals surface area contributed by atoms with Crippen molar-refractivity contribution in [3.8, 4) is 0 Å². The fourth-order valence-electron chi connectivity index (χ4n) is 1.62. The largest absolute Gasteiger partial charge is 0.354 e. The number of hydrogen-bond donors (Lipinski definition) is 2. The fraction of sp³-hybridized carbons (Fsp3) is 0.692. The van der Waals surface area contributed by atoms with Crippen molar-refractivity contribution in [2.24, 2.45) is 0 Å². The molecule has 2 N–H and O–H groups in total. The molecule has 0 fully saturated rings. The normalized spacial score (nSPS) is 10.4. The molecule has 0 aliphatic rings. The summed E-state index contributed by atoms with van der Waals surface area (Å²) in [5.41, 5.74) is 0. The van der Waals surface area contributed by atoms with Gasteiger partial charge < -0.3 is 20.4 Å². The number of carbonyl (C=O) groups is 1. The molecular formula is C13H25N7O. The first-order valence-corrected chi connectivity index (χ1v) is 7.01. The van der Waals surface area contributed by atoms with Crippen molar-refractivity contribution in [1.29, 1.82) is 0 Å². The molecule has 0 atom stereocenters. The number of likely N-dealkylation sites (N-methyl/N-ethyl adjacent to an activating group) is 1. The zero-order chi connectivity index (χ0) is 16.0. The second-order valence-corrected chi connectivity index (χ2v) is 5.26. The second kappa shape index (κ2) is 7.61. The maximum atomic E-state index is 11.8. The van der Waals surface area contributed by atoms with Crippen LogP contribution in [0.5, 0.6) is 0 Å². The SMILES string of the molecule is CCNc1nc(N(C)C)nc(N(C)CC(=O)NC(C)C)n1. The highest BCUT2D eigenvalue weighted by atomic mass is 16.2. The summed E-state index contributed by atoms with van der Waals surface area (Å²) in [5, 5.41) is 5.91. The lowest BCUT2D eigenvalue weighted by molar-refractivity contribution is -0.120. The minimum Gasteiger partial charge on any atom is -0.354 e. The molecular weight excluding hydrogens is 270 g/mol. The van der Waals surface area contributed by atoms with Gasteiger partial charge in [0.2, 0.25) is 23.8 Å². The van der Waals surface area contributed by atoms with Gasteiger partial charge in [-0.05, 0) is 20.8 Å². The van der Waals surface area contributed by atoms with Gasteiger partial charge in [0, 0.05) is 33.7 Å². The lowest BCUT2D eigenvalue weighted by Gasteiger charge is -2.20. The van der Waals surface area contributed by atoms with Crippen LogP contribution in [0.1, 0.15) is 20.8 Å². The Hall–Kier alpha value is -2.12. The standard InChI is InChI=1S/C13H25N7O/c1-7-14-11-16-12(19(4)5)18-13(17-11)20(6)8-10(21)15-9(2)3/h9H,7-8H2,1-6H3,(H,15,21)(H,14,16,17,18). The van der Waals surface area contributed by atoms with E-state index in [0.717, 1.165) is 0 Å². The van der Waals surface area contributed by atoms with Crippen LogP contribution in [0.3, 0.4) is 0 Å². The van der Waals surface area contributed by atoms with Crippen LogP contribution in [-0.4, -0.2) is 61.1 Å². The summed E-state index contributed by atoms with van der Waals surface area (Å²) in [6.07, 6.45) is 0. The van der Waals surface area contributed by atoms with Gasteiger partial charge >= 0.3 is 0 Å². The van der Waals surface area contributed by atoms with E-state index in [9.17, 15) is 4.79 Å². The molecule has 1 amide bonds.